The van der Waals surface area contributed by atoms with Crippen LogP contribution in [0, 0.1) is 5.41 Å². The maximum Gasteiger partial charge on any atom is 0.326 e. The Hall–Kier alpha value is -2.04. The molecular weight excluding hydrogens is 268 g/mol. The van der Waals surface area contributed by atoms with Crippen LogP contribution in [0.15, 0.2) is 24.3 Å². The number of nitrogens with one attached hydrogen (secondary N) is 2. The maximum absolute atomic E-state index is 11.9. The molecule has 0 aliphatic heterocycles. The minimum atomic E-state index is -1.02. The first-order valence-corrected chi connectivity index (χ1v) is 7.14. The summed E-state index contributed by atoms with van der Waals surface area (Å²) in [6.07, 6.45) is 0.956. The zero-order valence-electron chi connectivity index (χ0n) is 12.6. The van der Waals surface area contributed by atoms with E-state index in [4.69, 9.17) is 0 Å². The van der Waals surface area contributed by atoms with Crippen LogP contribution in [0.1, 0.15) is 37.8 Å². The Morgan fingerprint density at radius 1 is 1.33 bits per heavy atom. The van der Waals surface area contributed by atoms with Gasteiger partial charge in [-0.25, -0.2) is 9.59 Å². The van der Waals surface area contributed by atoms with Gasteiger partial charge in [0.25, 0.3) is 0 Å². The van der Waals surface area contributed by atoms with E-state index in [9.17, 15) is 14.7 Å². The van der Waals surface area contributed by atoms with Crippen molar-refractivity contribution < 1.29 is 14.7 Å². The first-order chi connectivity index (χ1) is 9.79. The fourth-order valence-corrected chi connectivity index (χ4v) is 2.59. The van der Waals surface area contributed by atoms with Crippen LogP contribution >= 0.6 is 0 Å². The van der Waals surface area contributed by atoms with Crippen LogP contribution in [0.2, 0.25) is 0 Å². The van der Waals surface area contributed by atoms with Gasteiger partial charge in [-0.3, -0.25) is 0 Å². The minimum Gasteiger partial charge on any atom is -0.480 e. The molecule has 0 heterocycles. The van der Waals surface area contributed by atoms with Gasteiger partial charge in [-0.05, 0) is 23.0 Å². The van der Waals surface area contributed by atoms with Gasteiger partial charge in [-0.1, -0.05) is 45.0 Å². The highest BCUT2D eigenvalue weighted by Crippen LogP contribution is 2.33. The largest absolute Gasteiger partial charge is 0.480 e. The molecule has 3 N–H and O–H groups in total. The molecule has 0 spiro atoms. The molecule has 1 aromatic rings. The summed E-state index contributed by atoms with van der Waals surface area (Å²) in [5, 5.41) is 14.5. The van der Waals surface area contributed by atoms with E-state index in [1.54, 1.807) is 20.8 Å². The van der Waals surface area contributed by atoms with Gasteiger partial charge in [-0.2, -0.15) is 0 Å². The highest BCUT2D eigenvalue weighted by atomic mass is 16.4. The molecule has 114 valence electrons. The molecular formula is C16H22N2O3. The average Bonchev–Trinajstić information content (AvgIpc) is 2.35. The van der Waals surface area contributed by atoms with Crippen molar-refractivity contribution in [1.82, 2.24) is 10.6 Å². The molecule has 0 radical (unpaired) electrons. The minimum absolute atomic E-state index is 0.324. The number of urea groups is 1. The first kappa shape index (κ1) is 15.4. The van der Waals surface area contributed by atoms with E-state index < -0.39 is 23.5 Å². The third-order valence-corrected chi connectivity index (χ3v) is 3.86. The van der Waals surface area contributed by atoms with Crippen molar-refractivity contribution in [3.8, 4) is 0 Å². The molecule has 0 bridgehead atoms. The van der Waals surface area contributed by atoms with Gasteiger partial charge in [0.05, 0.1) is 0 Å². The number of rotatable bonds is 4. The lowest BCUT2D eigenvalue weighted by Crippen LogP contribution is -2.53. The molecule has 5 nitrogen and oxygen atoms in total. The number of hydrogen-bond acceptors (Lipinski definition) is 2. The zero-order chi connectivity index (χ0) is 15.6. The van der Waals surface area contributed by atoms with Crippen molar-refractivity contribution >= 4 is 12.0 Å². The van der Waals surface area contributed by atoms with Gasteiger partial charge in [-0.15, -0.1) is 0 Å². The van der Waals surface area contributed by atoms with E-state index in [0.29, 0.717) is 12.5 Å². The Labute approximate surface area is 124 Å². The van der Waals surface area contributed by atoms with Crippen LogP contribution in [0.3, 0.4) is 0 Å². The number of fused-ring (bicyclic) bond motifs is 1. The van der Waals surface area contributed by atoms with Crippen LogP contribution in [0.25, 0.3) is 0 Å². The number of aliphatic carboxylic acids is 1. The van der Waals surface area contributed by atoms with Crippen LogP contribution in [0.5, 0.6) is 0 Å². The molecule has 21 heavy (non-hydrogen) atoms. The van der Waals surface area contributed by atoms with E-state index in [1.165, 1.54) is 11.1 Å². The maximum atomic E-state index is 11.9. The smallest absolute Gasteiger partial charge is 0.326 e. The van der Waals surface area contributed by atoms with Crippen LogP contribution in [0.4, 0.5) is 4.79 Å². The molecule has 5 heteroatoms. The molecule has 1 aromatic carbocycles. The van der Waals surface area contributed by atoms with E-state index >= 15 is 0 Å². The second-order valence-electron chi connectivity index (χ2n) is 6.59. The number of carboxylic acids is 1. The number of benzene rings is 1. The molecule has 0 fully saturated rings. The molecule has 2 atom stereocenters. The van der Waals surface area contributed by atoms with Gasteiger partial charge < -0.3 is 15.7 Å². The van der Waals surface area contributed by atoms with Gasteiger partial charge in [0.2, 0.25) is 0 Å². The predicted octanol–water partition coefficient (Wildman–Crippen LogP) is 2.12. The predicted molar refractivity (Wildman–Crippen MR) is 80.3 cm³/mol. The monoisotopic (exact) mass is 290 g/mol. The summed E-state index contributed by atoms with van der Waals surface area (Å²) in [6.45, 7) is 5.88. The van der Waals surface area contributed by atoms with Crippen LogP contribution in [-0.4, -0.2) is 29.7 Å². The van der Waals surface area contributed by atoms with Gasteiger partial charge >= 0.3 is 12.0 Å². The topological polar surface area (TPSA) is 78.4 Å². The Kier molecular flexibility index (Phi) is 4.21. The molecule has 0 saturated heterocycles. The highest BCUT2D eigenvalue weighted by molar-refractivity contribution is 5.83. The summed E-state index contributed by atoms with van der Waals surface area (Å²) in [6, 6.07) is 6.82. The number of amides is 2. The third kappa shape index (κ3) is 3.54. The Morgan fingerprint density at radius 2 is 2.00 bits per heavy atom. The highest BCUT2D eigenvalue weighted by Gasteiger charge is 2.33. The fraction of sp³-hybridized carbons (Fsp3) is 0.500. The molecule has 0 saturated carbocycles. The van der Waals surface area contributed by atoms with Gasteiger partial charge in [0, 0.05) is 12.5 Å². The van der Waals surface area contributed by atoms with Crippen molar-refractivity contribution in [3.63, 3.8) is 0 Å². The number of hydrogen-bond donors (Lipinski definition) is 3. The zero-order valence-corrected chi connectivity index (χ0v) is 12.6. The van der Waals surface area contributed by atoms with Crippen LogP contribution in [-0.2, 0) is 11.2 Å². The summed E-state index contributed by atoms with van der Waals surface area (Å²) in [5.41, 5.74) is 2.05. The second-order valence-corrected chi connectivity index (χ2v) is 6.59. The van der Waals surface area contributed by atoms with Crippen molar-refractivity contribution in [1.29, 1.82) is 0 Å². The summed E-state index contributed by atoms with van der Waals surface area (Å²) >= 11 is 0. The summed E-state index contributed by atoms with van der Waals surface area (Å²) in [4.78, 5) is 23.1. The van der Waals surface area contributed by atoms with Crippen molar-refractivity contribution in [3.05, 3.63) is 35.4 Å². The van der Waals surface area contributed by atoms with E-state index in [1.807, 2.05) is 12.1 Å². The SMILES string of the molecule is CC(C)(C)C(NC(=O)NCC1Cc2ccccc21)C(=O)O. The Morgan fingerprint density at radius 3 is 2.57 bits per heavy atom. The molecule has 2 unspecified atom stereocenters. The van der Waals surface area contributed by atoms with E-state index in [-0.39, 0.29) is 0 Å². The summed E-state index contributed by atoms with van der Waals surface area (Å²) in [7, 11) is 0. The lowest BCUT2D eigenvalue weighted by atomic mass is 9.78. The molecule has 1 aliphatic rings. The average molecular weight is 290 g/mol. The standard InChI is InChI=1S/C16H22N2O3/c1-16(2,3)13(14(19)20)18-15(21)17-9-11-8-10-6-4-5-7-12(10)11/h4-7,11,13H,8-9H2,1-3H3,(H,19,20)(H2,17,18,21). The number of carbonyl (C=O) groups excluding carboxylic acids is 1. The lowest BCUT2D eigenvalue weighted by molar-refractivity contribution is -0.141. The van der Waals surface area contributed by atoms with Gasteiger partial charge in [0.1, 0.15) is 6.04 Å². The Bertz CT molecular complexity index is 549. The molecule has 2 amide bonds. The molecule has 0 aromatic heterocycles. The van der Waals surface area contributed by atoms with Crippen molar-refractivity contribution in [2.45, 2.75) is 39.2 Å². The molecule has 1 aliphatic carbocycles. The third-order valence-electron chi connectivity index (χ3n) is 3.86. The fourth-order valence-electron chi connectivity index (χ4n) is 2.59. The summed E-state index contributed by atoms with van der Waals surface area (Å²) in [5.74, 6) is -0.698. The second kappa shape index (κ2) is 5.76. The molecule has 2 rings (SSSR count). The van der Waals surface area contributed by atoms with E-state index in [0.717, 1.165) is 6.42 Å². The van der Waals surface area contributed by atoms with Crippen molar-refractivity contribution in [2.24, 2.45) is 5.41 Å². The Balaban J connectivity index is 1.85. The van der Waals surface area contributed by atoms with Gasteiger partial charge in [0.15, 0.2) is 0 Å². The van der Waals surface area contributed by atoms with E-state index in [2.05, 4.69) is 22.8 Å². The first-order valence-electron chi connectivity index (χ1n) is 7.14. The number of carbonyl (C=O) groups is 2. The lowest BCUT2D eigenvalue weighted by Gasteiger charge is -2.31. The van der Waals surface area contributed by atoms with Crippen LogP contribution < -0.4 is 10.6 Å². The normalized spacial score (nSPS) is 18.1. The number of carboxylic acid groups (broad SMARTS) is 1. The van der Waals surface area contributed by atoms with Crippen molar-refractivity contribution in [2.75, 3.05) is 6.54 Å². The quantitative estimate of drug-likeness (QED) is 0.795. The summed E-state index contributed by atoms with van der Waals surface area (Å²) < 4.78 is 0.